The fourth-order valence-electron chi connectivity index (χ4n) is 1.67. The molecule has 21 heavy (non-hydrogen) atoms. The van der Waals surface area contributed by atoms with Crippen molar-refractivity contribution in [2.45, 2.75) is 0 Å². The van der Waals surface area contributed by atoms with Gasteiger partial charge in [0.2, 0.25) is 0 Å². The van der Waals surface area contributed by atoms with Gasteiger partial charge < -0.3 is 10.4 Å². The molecule has 2 aromatic rings. The lowest BCUT2D eigenvalue weighted by atomic mass is 10.1. The molecule has 1 amide bonds. The molecule has 7 heteroatoms. The number of aromatic carboxylic acids is 1. The number of nitrogens with one attached hydrogen (secondary N) is 1. The van der Waals surface area contributed by atoms with Gasteiger partial charge in [0.25, 0.3) is 5.91 Å². The average Bonchev–Trinajstić information content (AvgIpc) is 2.40. The lowest BCUT2D eigenvalue weighted by Gasteiger charge is -2.09. The van der Waals surface area contributed by atoms with Crippen LogP contribution in [0.1, 0.15) is 20.7 Å². The molecule has 4 nitrogen and oxygen atoms in total. The van der Waals surface area contributed by atoms with Gasteiger partial charge in [-0.25, -0.2) is 9.18 Å². The Morgan fingerprint density at radius 3 is 2.48 bits per heavy atom. The molecule has 108 valence electrons. The molecule has 0 saturated carbocycles. The van der Waals surface area contributed by atoms with Crippen molar-refractivity contribution in [2.75, 3.05) is 5.32 Å². The topological polar surface area (TPSA) is 66.4 Å². The van der Waals surface area contributed by atoms with Crippen LogP contribution in [-0.2, 0) is 0 Å². The van der Waals surface area contributed by atoms with Crippen molar-refractivity contribution in [1.82, 2.24) is 0 Å². The predicted molar refractivity (Wildman–Crippen MR) is 85.5 cm³/mol. The lowest BCUT2D eigenvalue weighted by Crippen LogP contribution is -2.16. The van der Waals surface area contributed by atoms with Gasteiger partial charge in [-0.3, -0.25) is 4.79 Å². The Labute approximate surface area is 138 Å². The van der Waals surface area contributed by atoms with Gasteiger partial charge in [0, 0.05) is 8.59 Å². The molecule has 0 aliphatic rings. The zero-order chi connectivity index (χ0) is 15.6. The fraction of sp³-hybridized carbons (Fsp3) is 0. The highest BCUT2D eigenvalue weighted by Crippen LogP contribution is 2.21. The van der Waals surface area contributed by atoms with Gasteiger partial charge in [0.05, 0.1) is 16.8 Å². The SMILES string of the molecule is O=C(Nc1ccc(I)cc1C(=O)O)c1ccc(Cl)cc1F. The van der Waals surface area contributed by atoms with E-state index >= 15 is 0 Å². The van der Waals surface area contributed by atoms with Gasteiger partial charge in [-0.1, -0.05) is 11.6 Å². The van der Waals surface area contributed by atoms with Crippen LogP contribution in [0.15, 0.2) is 36.4 Å². The first-order valence-corrected chi connectivity index (χ1v) is 7.13. The number of hydrogen-bond donors (Lipinski definition) is 2. The van der Waals surface area contributed by atoms with Crippen molar-refractivity contribution >= 4 is 51.8 Å². The summed E-state index contributed by atoms with van der Waals surface area (Å²) in [7, 11) is 0. The minimum atomic E-state index is -1.18. The van der Waals surface area contributed by atoms with E-state index in [1.165, 1.54) is 24.3 Å². The van der Waals surface area contributed by atoms with Gasteiger partial charge in [-0.2, -0.15) is 0 Å². The van der Waals surface area contributed by atoms with E-state index in [1.54, 1.807) is 6.07 Å². The molecule has 0 heterocycles. The molecule has 0 spiro atoms. The van der Waals surface area contributed by atoms with Gasteiger partial charge in [-0.15, -0.1) is 0 Å². The van der Waals surface area contributed by atoms with E-state index in [4.69, 9.17) is 16.7 Å². The second-order valence-electron chi connectivity index (χ2n) is 4.07. The number of halogens is 3. The largest absolute Gasteiger partial charge is 0.478 e. The maximum absolute atomic E-state index is 13.7. The summed E-state index contributed by atoms with van der Waals surface area (Å²) in [5.74, 6) is -2.70. The molecule has 2 rings (SSSR count). The molecule has 2 aromatic carbocycles. The van der Waals surface area contributed by atoms with Crippen molar-refractivity contribution in [1.29, 1.82) is 0 Å². The molecule has 0 aliphatic carbocycles. The number of benzene rings is 2. The number of rotatable bonds is 3. The number of anilines is 1. The Morgan fingerprint density at radius 2 is 1.86 bits per heavy atom. The van der Waals surface area contributed by atoms with Crippen LogP contribution in [0.4, 0.5) is 10.1 Å². The third-order valence-corrected chi connectivity index (χ3v) is 3.54. The van der Waals surface area contributed by atoms with Crippen LogP contribution in [0.5, 0.6) is 0 Å². The van der Waals surface area contributed by atoms with E-state index in [-0.39, 0.29) is 21.8 Å². The third-order valence-electron chi connectivity index (χ3n) is 2.64. The van der Waals surface area contributed by atoms with E-state index in [0.29, 0.717) is 3.57 Å². The summed E-state index contributed by atoms with van der Waals surface area (Å²) in [4.78, 5) is 23.2. The number of hydrogen-bond acceptors (Lipinski definition) is 2. The zero-order valence-corrected chi connectivity index (χ0v) is 13.3. The Morgan fingerprint density at radius 1 is 1.14 bits per heavy atom. The normalized spacial score (nSPS) is 10.2. The van der Waals surface area contributed by atoms with Crippen molar-refractivity contribution in [3.05, 3.63) is 61.9 Å². The van der Waals surface area contributed by atoms with E-state index < -0.39 is 17.7 Å². The molecule has 2 N–H and O–H groups in total. The molecule has 0 aliphatic heterocycles. The highest BCUT2D eigenvalue weighted by Gasteiger charge is 2.16. The Hall–Kier alpha value is -1.67. The first-order chi connectivity index (χ1) is 9.88. The number of carbonyl (C=O) groups excluding carboxylic acids is 1. The van der Waals surface area contributed by atoms with Crippen LogP contribution >= 0.6 is 34.2 Å². The summed E-state index contributed by atoms with van der Waals surface area (Å²) in [6.45, 7) is 0. The van der Waals surface area contributed by atoms with Gasteiger partial charge in [0.15, 0.2) is 0 Å². The summed E-state index contributed by atoms with van der Waals surface area (Å²) >= 11 is 7.57. The summed E-state index contributed by atoms with van der Waals surface area (Å²) in [5.41, 5.74) is -0.179. The monoisotopic (exact) mass is 419 g/mol. The van der Waals surface area contributed by atoms with Gasteiger partial charge in [-0.05, 0) is 59.0 Å². The van der Waals surface area contributed by atoms with E-state index in [0.717, 1.165) is 6.07 Å². The maximum Gasteiger partial charge on any atom is 0.337 e. The number of carbonyl (C=O) groups is 2. The number of amides is 1. The van der Waals surface area contributed by atoms with E-state index in [1.807, 2.05) is 22.6 Å². The molecule has 0 aromatic heterocycles. The van der Waals surface area contributed by atoms with E-state index in [9.17, 15) is 14.0 Å². The predicted octanol–water partition coefficient (Wildman–Crippen LogP) is 4.03. The van der Waals surface area contributed by atoms with Crippen molar-refractivity contribution in [2.24, 2.45) is 0 Å². The standard InChI is InChI=1S/C14H8ClFINO3/c15-7-1-3-9(11(16)5-7)13(19)18-12-4-2-8(17)6-10(12)14(20)21/h1-6H,(H,18,19)(H,20,21). The molecule has 0 unspecified atom stereocenters. The highest BCUT2D eigenvalue weighted by atomic mass is 127. The van der Waals surface area contributed by atoms with Gasteiger partial charge in [0.1, 0.15) is 5.82 Å². The van der Waals surface area contributed by atoms with Crippen LogP contribution < -0.4 is 5.32 Å². The van der Waals surface area contributed by atoms with Crippen LogP contribution in [-0.4, -0.2) is 17.0 Å². The van der Waals surface area contributed by atoms with Crippen molar-refractivity contribution in [3.8, 4) is 0 Å². The second kappa shape index (κ2) is 6.40. The molecule has 0 bridgehead atoms. The van der Waals surface area contributed by atoms with Crippen LogP contribution in [0.3, 0.4) is 0 Å². The Bertz CT molecular complexity index is 736. The molecule has 0 atom stereocenters. The smallest absolute Gasteiger partial charge is 0.337 e. The lowest BCUT2D eigenvalue weighted by molar-refractivity contribution is 0.0698. The fourth-order valence-corrected chi connectivity index (χ4v) is 2.32. The molecule has 0 radical (unpaired) electrons. The molecule has 0 fully saturated rings. The van der Waals surface area contributed by atoms with Crippen LogP contribution in [0, 0.1) is 9.39 Å². The molecular formula is C14H8ClFINO3. The number of carboxylic acid groups (broad SMARTS) is 1. The average molecular weight is 420 g/mol. The third kappa shape index (κ3) is 3.70. The van der Waals surface area contributed by atoms with Crippen molar-refractivity contribution in [3.63, 3.8) is 0 Å². The summed E-state index contributed by atoms with van der Waals surface area (Å²) < 4.78 is 14.4. The first kappa shape index (κ1) is 15.7. The second-order valence-corrected chi connectivity index (χ2v) is 5.76. The number of carboxylic acids is 1. The summed E-state index contributed by atoms with van der Waals surface area (Å²) in [6.07, 6.45) is 0. The Balaban J connectivity index is 2.34. The minimum Gasteiger partial charge on any atom is -0.478 e. The quantitative estimate of drug-likeness (QED) is 0.738. The molecular weight excluding hydrogens is 412 g/mol. The van der Waals surface area contributed by atoms with Gasteiger partial charge >= 0.3 is 5.97 Å². The summed E-state index contributed by atoms with van der Waals surface area (Å²) in [5, 5.41) is 11.7. The van der Waals surface area contributed by atoms with E-state index in [2.05, 4.69) is 5.32 Å². The minimum absolute atomic E-state index is 0.0652. The maximum atomic E-state index is 13.7. The van der Waals surface area contributed by atoms with Crippen molar-refractivity contribution < 1.29 is 19.1 Å². The molecule has 0 saturated heterocycles. The summed E-state index contributed by atoms with van der Waals surface area (Å²) in [6, 6.07) is 8.14. The Kier molecular flexibility index (Phi) is 4.79. The highest BCUT2D eigenvalue weighted by molar-refractivity contribution is 14.1. The zero-order valence-electron chi connectivity index (χ0n) is 10.4. The first-order valence-electron chi connectivity index (χ1n) is 5.67. The van der Waals surface area contributed by atoms with Crippen LogP contribution in [0.2, 0.25) is 5.02 Å². The van der Waals surface area contributed by atoms with Crippen LogP contribution in [0.25, 0.3) is 0 Å².